The fourth-order valence-electron chi connectivity index (χ4n) is 2.77. The topological polar surface area (TPSA) is 88.2 Å². The Labute approximate surface area is 116 Å². The summed E-state index contributed by atoms with van der Waals surface area (Å²) >= 11 is 0. The molecule has 1 aliphatic rings. The van der Waals surface area contributed by atoms with E-state index < -0.39 is 0 Å². The molecule has 20 heavy (non-hydrogen) atoms. The number of nitrogens with zero attached hydrogens (tertiary/aromatic N) is 2. The van der Waals surface area contributed by atoms with Crippen LogP contribution in [0.5, 0.6) is 0 Å². The van der Waals surface area contributed by atoms with Gasteiger partial charge < -0.3 is 14.9 Å². The van der Waals surface area contributed by atoms with Crippen LogP contribution in [-0.4, -0.2) is 33.8 Å². The van der Waals surface area contributed by atoms with Crippen LogP contribution in [0.25, 0.3) is 11.1 Å². The van der Waals surface area contributed by atoms with Crippen LogP contribution in [0.3, 0.4) is 0 Å². The van der Waals surface area contributed by atoms with Gasteiger partial charge in [-0.25, -0.2) is 4.98 Å². The van der Waals surface area contributed by atoms with Crippen molar-refractivity contribution in [1.82, 2.24) is 15.5 Å². The molecule has 3 rings (SSSR count). The highest BCUT2D eigenvalue weighted by atomic mass is 16.5. The van der Waals surface area contributed by atoms with Crippen LogP contribution in [0.1, 0.15) is 35.3 Å². The van der Waals surface area contributed by atoms with Crippen molar-refractivity contribution >= 4 is 17.0 Å². The number of aliphatic hydroxyl groups excluding tert-OH is 1. The molecule has 0 aliphatic heterocycles. The van der Waals surface area contributed by atoms with Crippen molar-refractivity contribution in [3.8, 4) is 0 Å². The monoisotopic (exact) mass is 275 g/mol. The molecule has 1 amide bonds. The first-order valence-corrected chi connectivity index (χ1v) is 6.83. The summed E-state index contributed by atoms with van der Waals surface area (Å²) in [4.78, 5) is 16.4. The van der Waals surface area contributed by atoms with Gasteiger partial charge in [-0.1, -0.05) is 11.6 Å². The average Bonchev–Trinajstić information content (AvgIpc) is 3.05. The molecule has 0 aromatic carbocycles. The highest BCUT2D eigenvalue weighted by molar-refractivity contribution is 5.97. The third-order valence-corrected chi connectivity index (χ3v) is 3.98. The summed E-state index contributed by atoms with van der Waals surface area (Å²) in [6, 6.07) is 1.79. The molecule has 2 N–H and O–H groups in total. The Kier molecular flexibility index (Phi) is 3.40. The van der Waals surface area contributed by atoms with Crippen LogP contribution in [0, 0.1) is 12.8 Å². The number of fused-ring (bicyclic) bond motifs is 1. The molecule has 6 nitrogen and oxygen atoms in total. The van der Waals surface area contributed by atoms with Crippen LogP contribution in [0.4, 0.5) is 0 Å². The lowest BCUT2D eigenvalue weighted by molar-refractivity contribution is 0.0916. The van der Waals surface area contributed by atoms with E-state index in [1.165, 1.54) is 6.20 Å². The fourth-order valence-corrected chi connectivity index (χ4v) is 2.77. The lowest BCUT2D eigenvalue weighted by Crippen LogP contribution is -2.38. The van der Waals surface area contributed by atoms with Gasteiger partial charge in [0.2, 0.25) is 0 Å². The van der Waals surface area contributed by atoms with Gasteiger partial charge in [-0.2, -0.15) is 0 Å². The van der Waals surface area contributed by atoms with E-state index >= 15 is 0 Å². The first kappa shape index (κ1) is 13.1. The van der Waals surface area contributed by atoms with Gasteiger partial charge in [0.25, 0.3) is 11.6 Å². The number of nitrogens with one attached hydrogen (secondary N) is 1. The molecular weight excluding hydrogens is 258 g/mol. The van der Waals surface area contributed by atoms with E-state index in [0.717, 1.165) is 30.3 Å². The molecular formula is C14H17N3O3. The normalized spacial score (nSPS) is 22.3. The lowest BCUT2D eigenvalue weighted by atomic mass is 10.0. The maximum Gasteiger partial charge on any atom is 0.257 e. The highest BCUT2D eigenvalue weighted by Crippen LogP contribution is 2.25. The zero-order valence-electron chi connectivity index (χ0n) is 11.3. The third-order valence-electron chi connectivity index (χ3n) is 3.98. The minimum absolute atomic E-state index is 0.0479. The van der Waals surface area contributed by atoms with Crippen LogP contribution < -0.4 is 5.32 Å². The van der Waals surface area contributed by atoms with Gasteiger partial charge in [-0.15, -0.1) is 0 Å². The standard InChI is InChI=1S/C14H17N3O3/c1-8-11-5-10(6-15-14(11)20-17-8)13(19)16-12-4-2-3-9(12)7-18/h5-6,9,12,18H,2-4,7H2,1H3,(H,16,19). The zero-order valence-corrected chi connectivity index (χ0v) is 11.3. The Morgan fingerprint density at radius 3 is 3.20 bits per heavy atom. The van der Waals surface area contributed by atoms with Gasteiger partial charge in [0.15, 0.2) is 0 Å². The van der Waals surface area contributed by atoms with E-state index in [-0.39, 0.29) is 24.5 Å². The first-order valence-electron chi connectivity index (χ1n) is 6.83. The minimum atomic E-state index is -0.162. The molecule has 2 unspecified atom stereocenters. The molecule has 0 saturated heterocycles. The van der Waals surface area contributed by atoms with Crippen molar-refractivity contribution in [3.63, 3.8) is 0 Å². The van der Waals surface area contributed by atoms with E-state index in [9.17, 15) is 9.90 Å². The molecule has 2 aromatic rings. The van der Waals surface area contributed by atoms with Gasteiger partial charge in [-0.05, 0) is 25.8 Å². The van der Waals surface area contributed by atoms with Crippen LogP contribution in [-0.2, 0) is 0 Å². The summed E-state index contributed by atoms with van der Waals surface area (Å²) < 4.78 is 5.03. The van der Waals surface area contributed by atoms with Crippen molar-refractivity contribution in [1.29, 1.82) is 0 Å². The molecule has 0 radical (unpaired) electrons. The number of aliphatic hydroxyl groups is 1. The summed E-state index contributed by atoms with van der Waals surface area (Å²) in [6.45, 7) is 1.93. The SMILES string of the molecule is Cc1noc2ncc(C(=O)NC3CCCC3CO)cc12. The van der Waals surface area contributed by atoms with Gasteiger partial charge in [-0.3, -0.25) is 4.79 Å². The molecule has 1 aliphatic carbocycles. The van der Waals surface area contributed by atoms with Crippen molar-refractivity contribution < 1.29 is 14.4 Å². The molecule has 2 heterocycles. The second kappa shape index (κ2) is 5.20. The van der Waals surface area contributed by atoms with Crippen LogP contribution >= 0.6 is 0 Å². The molecule has 2 aromatic heterocycles. The Bertz CT molecular complexity index is 638. The van der Waals surface area contributed by atoms with Gasteiger partial charge in [0.05, 0.1) is 16.6 Å². The number of carbonyl (C=O) groups excluding carboxylic acids is 1. The summed E-state index contributed by atoms with van der Waals surface area (Å²) in [7, 11) is 0. The summed E-state index contributed by atoms with van der Waals surface area (Å²) in [6.07, 6.45) is 4.41. The predicted molar refractivity (Wildman–Crippen MR) is 72.2 cm³/mol. The van der Waals surface area contributed by atoms with E-state index in [2.05, 4.69) is 15.5 Å². The molecule has 2 atom stereocenters. The van der Waals surface area contributed by atoms with Crippen molar-refractivity contribution in [3.05, 3.63) is 23.5 Å². The molecule has 1 saturated carbocycles. The maximum absolute atomic E-state index is 12.3. The Morgan fingerprint density at radius 1 is 1.55 bits per heavy atom. The molecule has 106 valence electrons. The largest absolute Gasteiger partial charge is 0.396 e. The maximum atomic E-state index is 12.3. The predicted octanol–water partition coefficient (Wildman–Crippen LogP) is 1.42. The highest BCUT2D eigenvalue weighted by Gasteiger charge is 2.28. The van der Waals surface area contributed by atoms with Crippen molar-refractivity contribution in [2.45, 2.75) is 32.2 Å². The van der Waals surface area contributed by atoms with Crippen molar-refractivity contribution in [2.75, 3.05) is 6.61 Å². The van der Waals surface area contributed by atoms with Crippen LogP contribution in [0.2, 0.25) is 0 Å². The third kappa shape index (κ3) is 2.27. The quantitative estimate of drug-likeness (QED) is 0.884. The van der Waals surface area contributed by atoms with Gasteiger partial charge in [0, 0.05) is 24.8 Å². The van der Waals surface area contributed by atoms with Gasteiger partial charge >= 0.3 is 0 Å². The van der Waals surface area contributed by atoms with Gasteiger partial charge in [0.1, 0.15) is 0 Å². The number of rotatable bonds is 3. The Hall–Kier alpha value is -1.95. The molecule has 0 bridgehead atoms. The van der Waals surface area contributed by atoms with Crippen molar-refractivity contribution in [2.24, 2.45) is 5.92 Å². The number of pyridine rings is 1. The molecule has 1 fully saturated rings. The minimum Gasteiger partial charge on any atom is -0.396 e. The fraction of sp³-hybridized carbons (Fsp3) is 0.500. The second-order valence-corrected chi connectivity index (χ2v) is 5.30. The second-order valence-electron chi connectivity index (χ2n) is 5.30. The number of aryl methyl sites for hydroxylation is 1. The lowest BCUT2D eigenvalue weighted by Gasteiger charge is -2.18. The van der Waals surface area contributed by atoms with E-state index in [0.29, 0.717) is 11.3 Å². The van der Waals surface area contributed by atoms with E-state index in [4.69, 9.17) is 4.52 Å². The van der Waals surface area contributed by atoms with Crippen LogP contribution in [0.15, 0.2) is 16.8 Å². The number of aromatic nitrogens is 2. The number of carbonyl (C=O) groups is 1. The van der Waals surface area contributed by atoms with E-state index in [1.54, 1.807) is 6.07 Å². The molecule has 6 heteroatoms. The first-order chi connectivity index (χ1) is 9.69. The number of hydrogen-bond acceptors (Lipinski definition) is 5. The zero-order chi connectivity index (χ0) is 14.1. The Morgan fingerprint density at radius 2 is 2.40 bits per heavy atom. The molecule has 0 spiro atoms. The average molecular weight is 275 g/mol. The summed E-state index contributed by atoms with van der Waals surface area (Å²) in [5, 5.41) is 16.8. The number of amides is 1. The summed E-state index contributed by atoms with van der Waals surface area (Å²) in [5.41, 5.74) is 1.65. The smallest absolute Gasteiger partial charge is 0.257 e. The van der Waals surface area contributed by atoms with E-state index in [1.807, 2.05) is 6.92 Å². The number of hydrogen-bond donors (Lipinski definition) is 2. The Balaban J connectivity index is 1.79. The summed E-state index contributed by atoms with van der Waals surface area (Å²) in [5.74, 6) is -0.00156.